The van der Waals surface area contributed by atoms with Gasteiger partial charge in [-0.05, 0) is 24.4 Å². The van der Waals surface area contributed by atoms with Crippen LogP contribution in [-0.2, 0) is 6.42 Å². The van der Waals surface area contributed by atoms with Crippen molar-refractivity contribution in [3.63, 3.8) is 0 Å². The van der Waals surface area contributed by atoms with E-state index in [4.69, 9.17) is 22.1 Å². The summed E-state index contributed by atoms with van der Waals surface area (Å²) in [7, 11) is 1.49. The van der Waals surface area contributed by atoms with E-state index in [0.29, 0.717) is 22.0 Å². The second-order valence-corrected chi connectivity index (χ2v) is 6.17. The molecule has 21 heavy (non-hydrogen) atoms. The van der Waals surface area contributed by atoms with Gasteiger partial charge in [-0.2, -0.15) is 0 Å². The molecule has 2 aromatic rings. The van der Waals surface area contributed by atoms with Gasteiger partial charge in [0.05, 0.1) is 23.4 Å². The van der Waals surface area contributed by atoms with E-state index < -0.39 is 0 Å². The number of ether oxygens (including phenoxy) is 1. The summed E-state index contributed by atoms with van der Waals surface area (Å²) in [4.78, 5) is 13.6. The third-order valence-electron chi connectivity index (χ3n) is 3.03. The summed E-state index contributed by atoms with van der Waals surface area (Å²) in [6.07, 6.45) is 0.786. The highest BCUT2D eigenvalue weighted by Crippen LogP contribution is 2.28. The van der Waals surface area contributed by atoms with Gasteiger partial charge in [-0.3, -0.25) is 4.79 Å². The Kier molecular flexibility index (Phi) is 5.09. The van der Waals surface area contributed by atoms with Crippen LogP contribution in [0.3, 0.4) is 0 Å². The van der Waals surface area contributed by atoms with Crippen molar-refractivity contribution in [2.24, 2.45) is 0 Å². The van der Waals surface area contributed by atoms with E-state index in [1.807, 2.05) is 24.4 Å². The minimum atomic E-state index is -0.224. The number of nitrogen functional groups attached to an aromatic ring is 1. The van der Waals surface area contributed by atoms with E-state index in [1.54, 1.807) is 17.4 Å². The SMILES string of the molecule is COc1cc(N)c(Cl)cc1C(=O)NC(C)Cc1cccs1. The molecule has 1 aromatic carbocycles. The van der Waals surface area contributed by atoms with E-state index in [0.717, 1.165) is 6.42 Å². The van der Waals surface area contributed by atoms with Gasteiger partial charge in [0.15, 0.2) is 0 Å². The highest BCUT2D eigenvalue weighted by molar-refractivity contribution is 7.09. The summed E-state index contributed by atoms with van der Waals surface area (Å²) in [5.74, 6) is 0.190. The number of hydrogen-bond donors (Lipinski definition) is 2. The van der Waals surface area contributed by atoms with E-state index in [9.17, 15) is 4.79 Å². The predicted molar refractivity (Wildman–Crippen MR) is 87.4 cm³/mol. The van der Waals surface area contributed by atoms with Crippen LogP contribution in [0, 0.1) is 0 Å². The maximum absolute atomic E-state index is 12.3. The van der Waals surface area contributed by atoms with Gasteiger partial charge < -0.3 is 15.8 Å². The number of nitrogens with two attached hydrogens (primary N) is 1. The third-order valence-corrected chi connectivity index (χ3v) is 4.25. The summed E-state index contributed by atoms with van der Waals surface area (Å²) in [5.41, 5.74) is 6.48. The minimum Gasteiger partial charge on any atom is -0.496 e. The Labute approximate surface area is 132 Å². The summed E-state index contributed by atoms with van der Waals surface area (Å²) >= 11 is 7.65. The zero-order chi connectivity index (χ0) is 15.4. The lowest BCUT2D eigenvalue weighted by atomic mass is 10.1. The Morgan fingerprint density at radius 2 is 2.29 bits per heavy atom. The van der Waals surface area contributed by atoms with Crippen molar-refractivity contribution in [1.82, 2.24) is 5.32 Å². The van der Waals surface area contributed by atoms with Crippen LogP contribution in [-0.4, -0.2) is 19.1 Å². The molecule has 0 bridgehead atoms. The minimum absolute atomic E-state index is 0.0113. The molecule has 1 amide bonds. The molecule has 4 nitrogen and oxygen atoms in total. The Hall–Kier alpha value is -1.72. The number of carbonyl (C=O) groups is 1. The highest BCUT2D eigenvalue weighted by atomic mass is 35.5. The molecule has 1 heterocycles. The maximum atomic E-state index is 12.3. The average molecular weight is 325 g/mol. The lowest BCUT2D eigenvalue weighted by Gasteiger charge is -2.15. The van der Waals surface area contributed by atoms with Crippen molar-refractivity contribution in [1.29, 1.82) is 0 Å². The van der Waals surface area contributed by atoms with Gasteiger partial charge in [0.2, 0.25) is 0 Å². The van der Waals surface area contributed by atoms with E-state index in [2.05, 4.69) is 5.32 Å². The molecule has 0 aliphatic carbocycles. The first-order valence-corrected chi connectivity index (χ1v) is 7.73. The van der Waals surface area contributed by atoms with Crippen LogP contribution >= 0.6 is 22.9 Å². The van der Waals surface area contributed by atoms with Gasteiger partial charge in [-0.15, -0.1) is 11.3 Å². The largest absolute Gasteiger partial charge is 0.496 e. The normalized spacial score (nSPS) is 12.0. The average Bonchev–Trinajstić information content (AvgIpc) is 2.93. The summed E-state index contributed by atoms with van der Waals surface area (Å²) < 4.78 is 5.19. The lowest BCUT2D eigenvalue weighted by Crippen LogP contribution is -2.34. The van der Waals surface area contributed by atoms with Crippen molar-refractivity contribution < 1.29 is 9.53 Å². The molecular weight excluding hydrogens is 308 g/mol. The molecule has 1 aromatic heterocycles. The third kappa shape index (κ3) is 3.89. The molecule has 0 saturated heterocycles. The molecule has 2 rings (SSSR count). The number of hydrogen-bond acceptors (Lipinski definition) is 4. The first kappa shape index (κ1) is 15.7. The van der Waals surface area contributed by atoms with Gasteiger partial charge in [0.1, 0.15) is 5.75 Å². The Morgan fingerprint density at radius 3 is 2.90 bits per heavy atom. The summed E-state index contributed by atoms with van der Waals surface area (Å²) in [5, 5.41) is 5.30. The molecule has 3 N–H and O–H groups in total. The quantitative estimate of drug-likeness (QED) is 0.829. The molecule has 0 saturated carbocycles. The first-order valence-electron chi connectivity index (χ1n) is 6.47. The number of thiophene rings is 1. The zero-order valence-electron chi connectivity index (χ0n) is 11.9. The van der Waals surface area contributed by atoms with Crippen LogP contribution in [0.4, 0.5) is 5.69 Å². The van der Waals surface area contributed by atoms with Gasteiger partial charge >= 0.3 is 0 Å². The van der Waals surface area contributed by atoms with Crippen molar-refractivity contribution in [2.75, 3.05) is 12.8 Å². The number of nitrogens with one attached hydrogen (secondary N) is 1. The molecular formula is C15H17ClN2O2S. The molecule has 0 aliphatic heterocycles. The summed E-state index contributed by atoms with van der Waals surface area (Å²) in [6.45, 7) is 1.96. The molecule has 0 spiro atoms. The topological polar surface area (TPSA) is 64.3 Å². The second kappa shape index (κ2) is 6.83. The van der Waals surface area contributed by atoms with Gasteiger partial charge in [0, 0.05) is 23.4 Å². The lowest BCUT2D eigenvalue weighted by molar-refractivity contribution is 0.0937. The monoisotopic (exact) mass is 324 g/mol. The van der Waals surface area contributed by atoms with Crippen molar-refractivity contribution >= 4 is 34.5 Å². The first-order chi connectivity index (χ1) is 10.0. The molecule has 0 fully saturated rings. The Morgan fingerprint density at radius 1 is 1.52 bits per heavy atom. The number of benzene rings is 1. The van der Waals surface area contributed by atoms with Crippen LogP contribution < -0.4 is 15.8 Å². The van der Waals surface area contributed by atoms with Crippen LogP contribution in [0.2, 0.25) is 5.02 Å². The Balaban J connectivity index is 2.11. The fourth-order valence-electron chi connectivity index (χ4n) is 2.00. The Bertz CT molecular complexity index is 629. The summed E-state index contributed by atoms with van der Waals surface area (Å²) in [6, 6.07) is 7.15. The molecule has 1 atom stereocenters. The van der Waals surface area contributed by atoms with Crippen LogP contribution in [0.25, 0.3) is 0 Å². The molecule has 0 aliphatic rings. The fourth-order valence-corrected chi connectivity index (χ4v) is 3.00. The molecule has 112 valence electrons. The molecule has 6 heteroatoms. The number of methoxy groups -OCH3 is 1. The van der Waals surface area contributed by atoms with Crippen LogP contribution in [0.5, 0.6) is 5.75 Å². The predicted octanol–water partition coefficient (Wildman–Crippen LogP) is 3.35. The van der Waals surface area contributed by atoms with Gasteiger partial charge in [-0.25, -0.2) is 0 Å². The van der Waals surface area contributed by atoms with Crippen molar-refractivity contribution in [3.05, 3.63) is 45.1 Å². The van der Waals surface area contributed by atoms with Gasteiger partial charge in [0.25, 0.3) is 5.91 Å². The smallest absolute Gasteiger partial charge is 0.255 e. The molecule has 0 radical (unpaired) electrons. The molecule has 1 unspecified atom stereocenters. The van der Waals surface area contributed by atoms with Crippen molar-refractivity contribution in [2.45, 2.75) is 19.4 Å². The van der Waals surface area contributed by atoms with Gasteiger partial charge in [-0.1, -0.05) is 17.7 Å². The highest BCUT2D eigenvalue weighted by Gasteiger charge is 2.17. The number of halogens is 1. The number of amides is 1. The number of carbonyl (C=O) groups excluding carboxylic acids is 1. The van der Waals surface area contributed by atoms with E-state index in [-0.39, 0.29) is 11.9 Å². The van der Waals surface area contributed by atoms with Crippen LogP contribution in [0.1, 0.15) is 22.2 Å². The number of anilines is 1. The zero-order valence-corrected chi connectivity index (χ0v) is 13.4. The fraction of sp³-hybridized carbons (Fsp3) is 0.267. The van der Waals surface area contributed by atoms with E-state index in [1.165, 1.54) is 18.1 Å². The second-order valence-electron chi connectivity index (χ2n) is 4.73. The standard InChI is InChI=1S/C15H17ClN2O2S/c1-9(6-10-4-3-5-21-10)18-15(19)11-7-12(16)13(17)8-14(11)20-2/h3-5,7-9H,6,17H2,1-2H3,(H,18,19). The maximum Gasteiger partial charge on any atom is 0.255 e. The van der Waals surface area contributed by atoms with E-state index >= 15 is 0 Å². The van der Waals surface area contributed by atoms with Crippen LogP contribution in [0.15, 0.2) is 29.6 Å². The number of rotatable bonds is 5. The van der Waals surface area contributed by atoms with Crippen molar-refractivity contribution in [3.8, 4) is 5.75 Å².